The van der Waals surface area contributed by atoms with E-state index in [2.05, 4.69) is 30.6 Å². The van der Waals surface area contributed by atoms with Crippen LogP contribution in [0.25, 0.3) is 11.0 Å². The molecule has 0 unspecified atom stereocenters. The van der Waals surface area contributed by atoms with Crippen molar-refractivity contribution in [2.75, 3.05) is 31.4 Å². The molecule has 0 spiro atoms. The maximum atomic E-state index is 11.1. The number of aromatic amines is 1. The second kappa shape index (κ2) is 9.27. The number of benzene rings is 1. The van der Waals surface area contributed by atoms with E-state index >= 15 is 0 Å². The summed E-state index contributed by atoms with van der Waals surface area (Å²) in [4.78, 5) is 27.0. The van der Waals surface area contributed by atoms with Crippen LogP contribution in [0.4, 0.5) is 23.1 Å². The van der Waals surface area contributed by atoms with Crippen molar-refractivity contribution in [1.29, 1.82) is 0 Å². The maximum Gasteiger partial charge on any atom is 0.273 e. The first-order valence-corrected chi connectivity index (χ1v) is 9.77. The molecule has 3 aromatic heterocycles. The number of hydrogen-bond acceptors (Lipinski definition) is 9. The van der Waals surface area contributed by atoms with Crippen molar-refractivity contribution in [3.8, 4) is 11.6 Å². The van der Waals surface area contributed by atoms with E-state index in [0.717, 1.165) is 11.4 Å². The summed E-state index contributed by atoms with van der Waals surface area (Å²) in [7, 11) is 3.46. The summed E-state index contributed by atoms with van der Waals surface area (Å²) in [6.07, 6.45) is 4.08. The third kappa shape index (κ3) is 4.57. The standard InChI is InChI=1S/C21H21N7O4/c1-22-18-13(7-9-31-2)10-14(12-24-18)25-21-26-19-17(6-8-23-19)20(27-21)32-16-5-3-4-15(11-16)28(29)30/h3-6,8,10-12H,7,9H2,1-2H3,(H,22,24)(H2,23,25,26,27). The second-order valence-corrected chi connectivity index (χ2v) is 6.80. The highest BCUT2D eigenvalue weighted by atomic mass is 16.6. The van der Waals surface area contributed by atoms with E-state index in [1.54, 1.807) is 37.7 Å². The first-order chi connectivity index (χ1) is 15.6. The number of nitro benzene ring substituents is 1. The van der Waals surface area contributed by atoms with Gasteiger partial charge in [-0.3, -0.25) is 10.1 Å². The molecule has 11 nitrogen and oxygen atoms in total. The lowest BCUT2D eigenvalue weighted by atomic mass is 10.2. The van der Waals surface area contributed by atoms with Gasteiger partial charge in [0.25, 0.3) is 5.69 Å². The molecule has 0 saturated heterocycles. The lowest BCUT2D eigenvalue weighted by Gasteiger charge is -2.12. The molecule has 3 N–H and O–H groups in total. The van der Waals surface area contributed by atoms with Crippen molar-refractivity contribution in [1.82, 2.24) is 19.9 Å². The number of ether oxygens (including phenoxy) is 2. The molecule has 0 fully saturated rings. The number of nitrogens with one attached hydrogen (secondary N) is 3. The van der Waals surface area contributed by atoms with Crippen LogP contribution in [-0.2, 0) is 11.2 Å². The molecule has 0 aliphatic heterocycles. The minimum atomic E-state index is -0.477. The molecule has 3 heterocycles. The predicted molar refractivity (Wildman–Crippen MR) is 120 cm³/mol. The largest absolute Gasteiger partial charge is 0.438 e. The first kappa shape index (κ1) is 21.0. The average molecular weight is 435 g/mol. The Morgan fingerprint density at radius 3 is 2.88 bits per heavy atom. The summed E-state index contributed by atoms with van der Waals surface area (Å²) >= 11 is 0. The van der Waals surface area contributed by atoms with Crippen LogP contribution < -0.4 is 15.4 Å². The highest BCUT2D eigenvalue weighted by molar-refractivity contribution is 5.82. The summed E-state index contributed by atoms with van der Waals surface area (Å²) < 4.78 is 11.0. The van der Waals surface area contributed by atoms with Gasteiger partial charge in [0.15, 0.2) is 0 Å². The number of hydrogen-bond donors (Lipinski definition) is 3. The van der Waals surface area contributed by atoms with Crippen LogP contribution in [0.2, 0.25) is 0 Å². The number of pyridine rings is 1. The molecule has 0 atom stereocenters. The van der Waals surface area contributed by atoms with Gasteiger partial charge in [-0.05, 0) is 30.2 Å². The zero-order valence-electron chi connectivity index (χ0n) is 17.5. The SMILES string of the molecule is CNc1ncc(Nc2nc(Oc3cccc([N+](=O)[O-])c3)c3cc[nH]c3n2)cc1CCOC. The molecule has 4 aromatic rings. The number of aromatic nitrogens is 4. The van der Waals surface area contributed by atoms with Crippen molar-refractivity contribution in [2.24, 2.45) is 0 Å². The van der Waals surface area contributed by atoms with Gasteiger partial charge in [0, 0.05) is 26.4 Å². The Balaban J connectivity index is 1.65. The Hall–Kier alpha value is -4.25. The van der Waals surface area contributed by atoms with E-state index in [-0.39, 0.29) is 17.5 Å². The van der Waals surface area contributed by atoms with Gasteiger partial charge in [-0.1, -0.05) is 6.07 Å². The van der Waals surface area contributed by atoms with Crippen LogP contribution in [-0.4, -0.2) is 45.6 Å². The van der Waals surface area contributed by atoms with Gasteiger partial charge in [0.2, 0.25) is 11.8 Å². The number of fused-ring (bicyclic) bond motifs is 1. The summed E-state index contributed by atoms with van der Waals surface area (Å²) in [5.41, 5.74) is 2.16. The minimum absolute atomic E-state index is 0.0699. The molecule has 0 radical (unpaired) electrons. The highest BCUT2D eigenvalue weighted by Crippen LogP contribution is 2.30. The lowest BCUT2D eigenvalue weighted by molar-refractivity contribution is -0.384. The number of methoxy groups -OCH3 is 1. The Kier molecular flexibility index (Phi) is 6.08. The number of H-pyrrole nitrogens is 1. The Morgan fingerprint density at radius 1 is 1.22 bits per heavy atom. The van der Waals surface area contributed by atoms with Crippen LogP contribution in [0.1, 0.15) is 5.56 Å². The molecule has 4 rings (SSSR count). The maximum absolute atomic E-state index is 11.1. The monoisotopic (exact) mass is 435 g/mol. The van der Waals surface area contributed by atoms with E-state index in [1.807, 2.05) is 13.1 Å². The Morgan fingerprint density at radius 2 is 2.09 bits per heavy atom. The van der Waals surface area contributed by atoms with E-state index < -0.39 is 4.92 Å². The normalized spacial score (nSPS) is 10.8. The number of rotatable bonds is 9. The van der Waals surface area contributed by atoms with Crippen LogP contribution in [0.15, 0.2) is 48.8 Å². The molecule has 1 aromatic carbocycles. The smallest absolute Gasteiger partial charge is 0.273 e. The van der Waals surface area contributed by atoms with Crippen LogP contribution in [0.3, 0.4) is 0 Å². The van der Waals surface area contributed by atoms with Crippen molar-refractivity contribution in [3.63, 3.8) is 0 Å². The molecule has 0 bridgehead atoms. The van der Waals surface area contributed by atoms with Gasteiger partial charge in [0.05, 0.1) is 34.9 Å². The van der Waals surface area contributed by atoms with Gasteiger partial charge < -0.3 is 25.1 Å². The quantitative estimate of drug-likeness (QED) is 0.262. The zero-order valence-corrected chi connectivity index (χ0v) is 17.5. The van der Waals surface area contributed by atoms with Gasteiger partial charge in [-0.25, -0.2) is 4.98 Å². The number of anilines is 3. The molecule has 0 saturated carbocycles. The van der Waals surface area contributed by atoms with Crippen LogP contribution >= 0.6 is 0 Å². The Bertz CT molecular complexity index is 1260. The summed E-state index contributed by atoms with van der Waals surface area (Å²) in [6.45, 7) is 0.561. The summed E-state index contributed by atoms with van der Waals surface area (Å²) in [6, 6.07) is 9.64. The predicted octanol–water partition coefficient (Wildman–Crippen LogP) is 4.03. The highest BCUT2D eigenvalue weighted by Gasteiger charge is 2.14. The van der Waals surface area contributed by atoms with Crippen molar-refractivity contribution in [2.45, 2.75) is 6.42 Å². The number of nitrogens with zero attached hydrogens (tertiary/aromatic N) is 4. The number of nitro groups is 1. The van der Waals surface area contributed by atoms with Crippen molar-refractivity contribution >= 4 is 34.2 Å². The van der Waals surface area contributed by atoms with Gasteiger partial charge in [0.1, 0.15) is 17.2 Å². The molecule has 32 heavy (non-hydrogen) atoms. The number of non-ortho nitro benzene ring substituents is 1. The third-order valence-corrected chi connectivity index (χ3v) is 4.66. The topological polar surface area (TPSA) is 140 Å². The molecule has 164 valence electrons. The fourth-order valence-electron chi connectivity index (χ4n) is 3.15. The van der Waals surface area contributed by atoms with Gasteiger partial charge >= 0.3 is 0 Å². The molecule has 0 amide bonds. The summed E-state index contributed by atoms with van der Waals surface area (Å²) in [5.74, 6) is 1.62. The van der Waals surface area contributed by atoms with E-state index in [1.165, 1.54) is 12.1 Å². The first-order valence-electron chi connectivity index (χ1n) is 9.77. The minimum Gasteiger partial charge on any atom is -0.438 e. The van der Waals surface area contributed by atoms with E-state index in [0.29, 0.717) is 35.5 Å². The fraction of sp³-hybridized carbons (Fsp3) is 0.190. The average Bonchev–Trinajstić information content (AvgIpc) is 3.27. The van der Waals surface area contributed by atoms with Crippen molar-refractivity contribution in [3.05, 3.63) is 64.5 Å². The van der Waals surface area contributed by atoms with Crippen LogP contribution in [0, 0.1) is 10.1 Å². The van der Waals surface area contributed by atoms with Gasteiger partial charge in [-0.2, -0.15) is 9.97 Å². The molecular weight excluding hydrogens is 414 g/mol. The Labute approximate surface area is 183 Å². The van der Waals surface area contributed by atoms with Crippen LogP contribution in [0.5, 0.6) is 11.6 Å². The fourth-order valence-corrected chi connectivity index (χ4v) is 3.15. The zero-order chi connectivity index (χ0) is 22.5. The second-order valence-electron chi connectivity index (χ2n) is 6.80. The molecule has 11 heteroatoms. The van der Waals surface area contributed by atoms with Gasteiger partial charge in [-0.15, -0.1) is 0 Å². The summed E-state index contributed by atoms with van der Waals surface area (Å²) in [5, 5.41) is 17.9. The van der Waals surface area contributed by atoms with E-state index in [9.17, 15) is 10.1 Å². The molecule has 0 aliphatic rings. The molecular formula is C21H21N7O4. The molecule has 0 aliphatic carbocycles. The van der Waals surface area contributed by atoms with E-state index in [4.69, 9.17) is 9.47 Å². The lowest BCUT2D eigenvalue weighted by Crippen LogP contribution is -2.05. The third-order valence-electron chi connectivity index (χ3n) is 4.66. The van der Waals surface area contributed by atoms with Crippen molar-refractivity contribution < 1.29 is 14.4 Å².